The first-order valence-corrected chi connectivity index (χ1v) is 7.99. The Morgan fingerprint density at radius 1 is 1.30 bits per heavy atom. The van der Waals surface area contributed by atoms with E-state index in [2.05, 4.69) is 27.4 Å². The van der Waals surface area contributed by atoms with E-state index in [-0.39, 0.29) is 0 Å². The van der Waals surface area contributed by atoms with Gasteiger partial charge in [-0.15, -0.1) is 0 Å². The molecule has 1 rings (SSSR count). The molecule has 5 nitrogen and oxygen atoms in total. The summed E-state index contributed by atoms with van der Waals surface area (Å²) >= 11 is 0. The van der Waals surface area contributed by atoms with E-state index < -0.39 is 0 Å². The van der Waals surface area contributed by atoms with Crippen LogP contribution in [0.1, 0.15) is 39.0 Å². The minimum Gasteiger partial charge on any atom is -0.385 e. The molecule has 1 fully saturated rings. The fourth-order valence-electron chi connectivity index (χ4n) is 2.73. The summed E-state index contributed by atoms with van der Waals surface area (Å²) in [5.41, 5.74) is 0. The Morgan fingerprint density at radius 3 is 2.85 bits per heavy atom. The maximum absolute atomic E-state index is 5.05. The fraction of sp³-hybridized carbons (Fsp3) is 0.933. The predicted octanol–water partition coefficient (Wildman–Crippen LogP) is 1.45. The molecule has 1 atom stereocenters. The van der Waals surface area contributed by atoms with E-state index in [1.54, 1.807) is 7.11 Å². The van der Waals surface area contributed by atoms with Crippen molar-refractivity contribution in [1.82, 2.24) is 15.5 Å². The highest BCUT2D eigenvalue weighted by atomic mass is 16.5. The summed E-state index contributed by atoms with van der Waals surface area (Å²) in [6.07, 6.45) is 6.12. The molecule has 1 heterocycles. The van der Waals surface area contributed by atoms with Gasteiger partial charge in [-0.2, -0.15) is 0 Å². The van der Waals surface area contributed by atoms with E-state index in [9.17, 15) is 0 Å². The molecule has 0 spiro atoms. The number of ether oxygens (including phenoxy) is 1. The highest BCUT2D eigenvalue weighted by molar-refractivity contribution is 5.79. The molecule has 0 saturated carbocycles. The van der Waals surface area contributed by atoms with E-state index in [1.807, 2.05) is 7.05 Å². The average Bonchev–Trinajstić information content (AvgIpc) is 2.93. The van der Waals surface area contributed by atoms with Crippen LogP contribution >= 0.6 is 0 Å². The van der Waals surface area contributed by atoms with Crippen molar-refractivity contribution in [3.8, 4) is 0 Å². The minimum absolute atomic E-state index is 0.667. The highest BCUT2D eigenvalue weighted by Gasteiger charge is 2.22. The molecule has 0 aromatic heterocycles. The summed E-state index contributed by atoms with van der Waals surface area (Å²) in [5.74, 6) is 0.930. The van der Waals surface area contributed by atoms with Gasteiger partial charge in [-0.05, 0) is 45.2 Å². The van der Waals surface area contributed by atoms with Crippen molar-refractivity contribution < 1.29 is 4.74 Å². The predicted molar refractivity (Wildman–Crippen MR) is 85.4 cm³/mol. The molecule has 1 aliphatic rings. The standard InChI is InChI=1S/C15H32N4O/c1-4-19-11-8-9-14(19)13-18-15(16-2)17-10-6-5-7-12-20-3/h14H,4-13H2,1-3H3,(H2,16,17,18). The second-order valence-electron chi connectivity index (χ2n) is 5.36. The van der Waals surface area contributed by atoms with Crippen molar-refractivity contribution >= 4 is 5.96 Å². The lowest BCUT2D eigenvalue weighted by Crippen LogP contribution is -2.45. The molecule has 0 aromatic carbocycles. The van der Waals surface area contributed by atoms with Crippen molar-refractivity contribution in [3.63, 3.8) is 0 Å². The topological polar surface area (TPSA) is 48.9 Å². The molecule has 0 amide bonds. The summed E-state index contributed by atoms with van der Waals surface area (Å²) in [4.78, 5) is 6.83. The number of hydrogen-bond acceptors (Lipinski definition) is 3. The third kappa shape index (κ3) is 6.57. The van der Waals surface area contributed by atoms with Crippen LogP contribution in [0.3, 0.4) is 0 Å². The molecular formula is C15H32N4O. The molecule has 118 valence electrons. The smallest absolute Gasteiger partial charge is 0.191 e. The highest BCUT2D eigenvalue weighted by Crippen LogP contribution is 2.15. The molecule has 0 aliphatic carbocycles. The molecule has 1 saturated heterocycles. The maximum Gasteiger partial charge on any atom is 0.191 e. The van der Waals surface area contributed by atoms with Crippen molar-refractivity contribution in [2.45, 2.75) is 45.1 Å². The molecule has 1 aliphatic heterocycles. The fourth-order valence-corrected chi connectivity index (χ4v) is 2.73. The van der Waals surface area contributed by atoms with Crippen LogP contribution < -0.4 is 10.6 Å². The molecular weight excluding hydrogens is 252 g/mol. The first-order valence-electron chi connectivity index (χ1n) is 7.99. The summed E-state index contributed by atoms with van der Waals surface area (Å²) < 4.78 is 5.05. The lowest BCUT2D eigenvalue weighted by atomic mass is 10.2. The molecule has 5 heteroatoms. The number of likely N-dealkylation sites (N-methyl/N-ethyl adjacent to an activating group) is 1. The van der Waals surface area contributed by atoms with E-state index in [4.69, 9.17) is 4.74 Å². The lowest BCUT2D eigenvalue weighted by Gasteiger charge is -2.23. The van der Waals surface area contributed by atoms with Crippen LogP contribution in [0, 0.1) is 0 Å². The molecule has 0 aromatic rings. The van der Waals surface area contributed by atoms with Gasteiger partial charge < -0.3 is 15.4 Å². The summed E-state index contributed by atoms with van der Waals surface area (Å²) in [7, 11) is 3.60. The van der Waals surface area contributed by atoms with Gasteiger partial charge in [-0.3, -0.25) is 9.89 Å². The zero-order chi connectivity index (χ0) is 14.6. The van der Waals surface area contributed by atoms with Gasteiger partial charge in [0.25, 0.3) is 0 Å². The second kappa shape index (κ2) is 10.9. The number of methoxy groups -OCH3 is 1. The largest absolute Gasteiger partial charge is 0.385 e. The molecule has 0 bridgehead atoms. The third-order valence-electron chi connectivity index (χ3n) is 3.95. The molecule has 20 heavy (non-hydrogen) atoms. The van der Waals surface area contributed by atoms with Crippen molar-refractivity contribution in [2.24, 2.45) is 4.99 Å². The quantitative estimate of drug-likeness (QED) is 0.382. The first-order chi connectivity index (χ1) is 9.81. The van der Waals surface area contributed by atoms with E-state index in [1.165, 1.54) is 25.8 Å². The van der Waals surface area contributed by atoms with Gasteiger partial charge >= 0.3 is 0 Å². The van der Waals surface area contributed by atoms with Gasteiger partial charge in [0, 0.05) is 39.9 Å². The van der Waals surface area contributed by atoms with Crippen molar-refractivity contribution in [1.29, 1.82) is 0 Å². The minimum atomic E-state index is 0.667. The van der Waals surface area contributed by atoms with Gasteiger partial charge in [0.2, 0.25) is 0 Å². The van der Waals surface area contributed by atoms with Gasteiger partial charge in [-0.25, -0.2) is 0 Å². The zero-order valence-corrected chi connectivity index (χ0v) is 13.5. The Labute approximate surface area is 124 Å². The maximum atomic E-state index is 5.05. The Kier molecular flexibility index (Phi) is 9.41. The van der Waals surface area contributed by atoms with Gasteiger partial charge in [0.05, 0.1) is 0 Å². The third-order valence-corrected chi connectivity index (χ3v) is 3.95. The lowest BCUT2D eigenvalue weighted by molar-refractivity contribution is 0.192. The Balaban J connectivity index is 2.10. The summed E-state index contributed by atoms with van der Waals surface area (Å²) in [6.45, 7) is 7.47. The molecule has 0 radical (unpaired) electrons. The number of unbranched alkanes of at least 4 members (excludes halogenated alkanes) is 2. The number of nitrogens with zero attached hydrogens (tertiary/aromatic N) is 2. The Hall–Kier alpha value is -0.810. The van der Waals surface area contributed by atoms with Crippen molar-refractivity contribution in [2.75, 3.05) is 46.9 Å². The van der Waals surface area contributed by atoms with Gasteiger partial charge in [0.15, 0.2) is 5.96 Å². The van der Waals surface area contributed by atoms with E-state index in [0.717, 1.165) is 45.0 Å². The van der Waals surface area contributed by atoms with Crippen LogP contribution in [0.2, 0.25) is 0 Å². The van der Waals surface area contributed by atoms with Crippen LogP contribution in [0.25, 0.3) is 0 Å². The zero-order valence-electron chi connectivity index (χ0n) is 13.5. The van der Waals surface area contributed by atoms with E-state index >= 15 is 0 Å². The Morgan fingerprint density at radius 2 is 2.15 bits per heavy atom. The normalized spacial score (nSPS) is 20.4. The SMILES string of the molecule is CCN1CCCC1CNC(=NC)NCCCCCOC. The molecule has 2 N–H and O–H groups in total. The van der Waals surface area contributed by atoms with Crippen LogP contribution in [0.4, 0.5) is 0 Å². The van der Waals surface area contributed by atoms with Crippen molar-refractivity contribution in [3.05, 3.63) is 0 Å². The first kappa shape index (κ1) is 17.2. The van der Waals surface area contributed by atoms with Crippen LogP contribution in [-0.2, 0) is 4.74 Å². The number of aliphatic imine (C=N–C) groups is 1. The monoisotopic (exact) mass is 284 g/mol. The Bertz CT molecular complexity index is 271. The van der Waals surface area contributed by atoms with Gasteiger partial charge in [0.1, 0.15) is 0 Å². The summed E-state index contributed by atoms with van der Waals surface area (Å²) in [5, 5.41) is 6.83. The number of rotatable bonds is 9. The summed E-state index contributed by atoms with van der Waals surface area (Å²) in [6, 6.07) is 0.667. The number of likely N-dealkylation sites (tertiary alicyclic amines) is 1. The number of nitrogens with one attached hydrogen (secondary N) is 2. The molecule has 1 unspecified atom stereocenters. The van der Waals surface area contributed by atoms with E-state index in [0.29, 0.717) is 6.04 Å². The van der Waals surface area contributed by atoms with Gasteiger partial charge in [-0.1, -0.05) is 6.92 Å². The van der Waals surface area contributed by atoms with Crippen LogP contribution in [0.5, 0.6) is 0 Å². The number of hydrogen-bond donors (Lipinski definition) is 2. The van der Waals surface area contributed by atoms with Crippen LogP contribution in [0.15, 0.2) is 4.99 Å². The second-order valence-corrected chi connectivity index (χ2v) is 5.36. The average molecular weight is 284 g/mol. The number of guanidine groups is 1. The van der Waals surface area contributed by atoms with Crippen LogP contribution in [-0.4, -0.2) is 63.8 Å².